The van der Waals surface area contributed by atoms with Crippen molar-refractivity contribution in [2.75, 3.05) is 0 Å². The van der Waals surface area contributed by atoms with Crippen LogP contribution in [0.4, 0.5) is 0 Å². The molecule has 0 saturated carbocycles. The summed E-state index contributed by atoms with van der Waals surface area (Å²) < 4.78 is 4.70. The van der Waals surface area contributed by atoms with E-state index in [1.54, 1.807) is 0 Å². The summed E-state index contributed by atoms with van der Waals surface area (Å²) in [6.45, 7) is 0. The van der Waals surface area contributed by atoms with Gasteiger partial charge in [-0.3, -0.25) is 15.0 Å². The molecule has 0 atom stereocenters. The first kappa shape index (κ1) is 28.2. The van der Waals surface area contributed by atoms with Crippen LogP contribution >= 0.6 is 0 Å². The van der Waals surface area contributed by atoms with Gasteiger partial charge >= 0.3 is 0 Å². The molecule has 5 nitrogen and oxygen atoms in total. The van der Waals surface area contributed by atoms with Gasteiger partial charge in [-0.1, -0.05) is 91.0 Å². The highest BCUT2D eigenvalue weighted by atomic mass is 28.2. The van der Waals surface area contributed by atoms with E-state index < -0.39 is 9.52 Å². The fourth-order valence-corrected chi connectivity index (χ4v) is 9.86. The predicted molar refractivity (Wildman–Crippen MR) is 213 cm³/mol. The Balaban J connectivity index is 0.959. The van der Waals surface area contributed by atoms with Crippen LogP contribution < -0.4 is 10.5 Å². The molecule has 6 aromatic carbocycles. The van der Waals surface area contributed by atoms with Crippen molar-refractivity contribution in [2.45, 2.75) is 0 Å². The molecule has 0 unspecified atom stereocenters. The fourth-order valence-electron chi connectivity index (χ4n) is 8.08. The van der Waals surface area contributed by atoms with E-state index in [0.29, 0.717) is 0 Å². The summed E-state index contributed by atoms with van der Waals surface area (Å²) in [5.41, 5.74) is 13.3. The molecular formula is C45H29N5Si. The third-order valence-electron chi connectivity index (χ3n) is 10.4. The number of hydrogen-bond acceptors (Lipinski definition) is 3. The first-order chi connectivity index (χ1) is 25.3. The number of rotatable bonds is 4. The zero-order valence-corrected chi connectivity index (χ0v) is 28.9. The summed E-state index contributed by atoms with van der Waals surface area (Å²) in [5.74, 6) is 0. The lowest BCUT2D eigenvalue weighted by Crippen LogP contribution is -2.24. The van der Waals surface area contributed by atoms with Crippen molar-refractivity contribution < 1.29 is 0 Å². The Morgan fingerprint density at radius 2 is 0.941 bits per heavy atom. The first-order valence-electron chi connectivity index (χ1n) is 17.3. The number of benzene rings is 6. The normalized spacial score (nSPS) is 12.7. The first-order valence-corrected chi connectivity index (χ1v) is 18.7. The van der Waals surface area contributed by atoms with Gasteiger partial charge in [0.2, 0.25) is 0 Å². The van der Waals surface area contributed by atoms with E-state index in [-0.39, 0.29) is 0 Å². The van der Waals surface area contributed by atoms with Gasteiger partial charge in [0.25, 0.3) is 0 Å². The van der Waals surface area contributed by atoms with Gasteiger partial charge < -0.3 is 9.13 Å². The number of pyridine rings is 1. The molecule has 0 saturated heterocycles. The SMILES string of the molecule is c1ccc(-n2c3ccccc3c3cc(-c4cnc5c(c4)[SiH2]c4nc(-c6ccc7c(c6)c6ccccc6n7-c6ccccc6)cnc4-5)ccc32)cc1. The van der Waals surface area contributed by atoms with Crippen LogP contribution in [-0.4, -0.2) is 33.6 Å². The molecule has 4 aromatic heterocycles. The summed E-state index contributed by atoms with van der Waals surface area (Å²) in [5, 5.41) is 7.34. The van der Waals surface area contributed by atoms with Crippen LogP contribution in [0.1, 0.15) is 0 Å². The molecule has 0 aliphatic carbocycles. The van der Waals surface area contributed by atoms with Gasteiger partial charge in [0.15, 0.2) is 0 Å². The minimum atomic E-state index is -0.868. The van der Waals surface area contributed by atoms with Crippen LogP contribution in [0.3, 0.4) is 0 Å². The van der Waals surface area contributed by atoms with Gasteiger partial charge in [0, 0.05) is 50.0 Å². The summed E-state index contributed by atoms with van der Waals surface area (Å²) in [6, 6.07) is 54.3. The van der Waals surface area contributed by atoms with Crippen LogP contribution in [0, 0.1) is 0 Å². The van der Waals surface area contributed by atoms with Gasteiger partial charge in [-0.25, -0.2) is 0 Å². The number of fused-ring (bicyclic) bond motifs is 9. The molecule has 5 heterocycles. The molecule has 10 aromatic rings. The third kappa shape index (κ3) is 4.30. The lowest BCUT2D eigenvalue weighted by atomic mass is 10.0. The topological polar surface area (TPSA) is 48.5 Å². The molecule has 0 N–H and O–H groups in total. The van der Waals surface area contributed by atoms with Crippen molar-refractivity contribution in [1.82, 2.24) is 24.1 Å². The minimum absolute atomic E-state index is 0.868. The maximum atomic E-state index is 5.25. The largest absolute Gasteiger partial charge is 0.309 e. The van der Waals surface area contributed by atoms with Crippen LogP contribution in [0.2, 0.25) is 0 Å². The van der Waals surface area contributed by atoms with E-state index in [4.69, 9.17) is 15.0 Å². The van der Waals surface area contributed by atoms with Crippen molar-refractivity contribution >= 4 is 63.6 Å². The van der Waals surface area contributed by atoms with E-state index in [1.165, 1.54) is 54.4 Å². The number of aromatic nitrogens is 5. The second kappa shape index (κ2) is 10.9. The van der Waals surface area contributed by atoms with E-state index in [9.17, 15) is 0 Å². The smallest absolute Gasteiger partial charge is 0.117 e. The van der Waals surface area contributed by atoms with Crippen molar-refractivity contribution in [3.8, 4) is 45.1 Å². The summed E-state index contributed by atoms with van der Waals surface area (Å²) in [6.07, 6.45) is 3.93. The van der Waals surface area contributed by atoms with Crippen molar-refractivity contribution in [1.29, 1.82) is 0 Å². The van der Waals surface area contributed by atoms with Crippen LogP contribution in [0.15, 0.2) is 164 Å². The Labute approximate surface area is 296 Å². The van der Waals surface area contributed by atoms with Gasteiger partial charge in [0.05, 0.1) is 39.7 Å². The minimum Gasteiger partial charge on any atom is -0.309 e. The molecular weight excluding hydrogens is 639 g/mol. The summed E-state index contributed by atoms with van der Waals surface area (Å²) in [7, 11) is -0.868. The third-order valence-corrected chi connectivity index (χ3v) is 12.1. The maximum Gasteiger partial charge on any atom is 0.117 e. The lowest BCUT2D eigenvalue weighted by Gasteiger charge is -2.08. The molecule has 6 heteroatoms. The second-order valence-corrected chi connectivity index (χ2v) is 15.1. The van der Waals surface area contributed by atoms with Gasteiger partial charge in [-0.05, 0) is 77.0 Å². The molecule has 1 aliphatic heterocycles. The highest BCUT2D eigenvalue weighted by Crippen LogP contribution is 2.36. The summed E-state index contributed by atoms with van der Waals surface area (Å²) in [4.78, 5) is 15.2. The van der Waals surface area contributed by atoms with E-state index >= 15 is 0 Å². The van der Waals surface area contributed by atoms with Crippen molar-refractivity contribution in [3.05, 3.63) is 164 Å². The average molecular weight is 668 g/mol. The highest BCUT2D eigenvalue weighted by Gasteiger charge is 2.25. The average Bonchev–Trinajstić information content (AvgIpc) is 3.85. The van der Waals surface area contributed by atoms with E-state index in [1.807, 2.05) is 12.4 Å². The Kier molecular flexibility index (Phi) is 6.05. The number of hydrogen-bond donors (Lipinski definition) is 0. The zero-order chi connectivity index (χ0) is 33.5. The highest BCUT2D eigenvalue weighted by molar-refractivity contribution is 6.72. The standard InChI is InChI=1S/C45H29N5Si/c1-3-11-31(12-4-1)49-38-17-9-7-15-33(38)35-23-28(19-21-40(35)49)30-25-42-43(46-26-30)44-45(51-42)48-37(27-47-44)29-20-22-41-36(24-29)34-16-8-10-18-39(34)50(41)32-13-5-2-6-14-32/h1-27H,51H2. The predicted octanol–water partition coefficient (Wildman–Crippen LogP) is 8.50. The Morgan fingerprint density at radius 1 is 0.412 bits per heavy atom. The molecule has 238 valence electrons. The van der Waals surface area contributed by atoms with Gasteiger partial charge in [0.1, 0.15) is 15.2 Å². The van der Waals surface area contributed by atoms with Crippen molar-refractivity contribution in [3.63, 3.8) is 0 Å². The van der Waals surface area contributed by atoms with Crippen molar-refractivity contribution in [2.24, 2.45) is 0 Å². The lowest BCUT2D eigenvalue weighted by molar-refractivity contribution is 1.18. The van der Waals surface area contributed by atoms with Gasteiger partial charge in [-0.2, -0.15) is 0 Å². The Morgan fingerprint density at radius 3 is 1.59 bits per heavy atom. The molecule has 1 aliphatic rings. The Bertz CT molecular complexity index is 2790. The summed E-state index contributed by atoms with van der Waals surface area (Å²) >= 11 is 0. The van der Waals surface area contributed by atoms with Crippen LogP contribution in [0.5, 0.6) is 0 Å². The molecule has 11 rings (SSSR count). The van der Waals surface area contributed by atoms with Gasteiger partial charge in [-0.15, -0.1) is 0 Å². The van der Waals surface area contributed by atoms with E-state index in [0.717, 1.165) is 44.9 Å². The molecule has 51 heavy (non-hydrogen) atoms. The maximum absolute atomic E-state index is 5.25. The molecule has 0 spiro atoms. The monoisotopic (exact) mass is 667 g/mol. The molecule has 0 radical (unpaired) electrons. The van der Waals surface area contributed by atoms with Crippen LogP contribution in [0.25, 0.3) is 88.8 Å². The molecule has 0 bridgehead atoms. The fraction of sp³-hybridized carbons (Fsp3) is 0. The zero-order valence-electron chi connectivity index (χ0n) is 27.5. The van der Waals surface area contributed by atoms with Crippen LogP contribution in [-0.2, 0) is 0 Å². The second-order valence-electron chi connectivity index (χ2n) is 13.3. The quantitative estimate of drug-likeness (QED) is 0.177. The number of nitrogens with zero attached hydrogens (tertiary/aromatic N) is 5. The Hall–Kier alpha value is -6.63. The molecule has 0 fully saturated rings. The van der Waals surface area contributed by atoms with E-state index in [2.05, 4.69) is 161 Å². The number of para-hydroxylation sites is 4. The molecule has 0 amide bonds.